The van der Waals surface area contributed by atoms with Crippen molar-refractivity contribution in [1.29, 1.82) is 0 Å². The number of benzene rings is 1. The molecule has 0 amide bonds. The quantitative estimate of drug-likeness (QED) is 0.458. The molecule has 0 fully saturated rings. The lowest BCUT2D eigenvalue weighted by Crippen LogP contribution is -2.08. The summed E-state index contributed by atoms with van der Waals surface area (Å²) >= 11 is 2.88. The Kier molecular flexibility index (Phi) is 5.96. The highest BCUT2D eigenvalue weighted by Gasteiger charge is 2.15. The summed E-state index contributed by atoms with van der Waals surface area (Å²) < 4.78 is 0.795. The SMILES string of the molecule is C=CCNc1nnc(SCC(=O)c2cc(C)c(C)c(C)c2C)s1. The normalized spacial score (nSPS) is 10.6. The third kappa shape index (κ3) is 4.20. The van der Waals surface area contributed by atoms with Crippen molar-refractivity contribution in [3.05, 3.63) is 46.5 Å². The summed E-state index contributed by atoms with van der Waals surface area (Å²) in [5.41, 5.74) is 5.50. The van der Waals surface area contributed by atoms with Crippen LogP contribution in [0, 0.1) is 27.7 Å². The molecule has 6 heteroatoms. The maximum Gasteiger partial charge on any atom is 0.206 e. The average molecular weight is 348 g/mol. The van der Waals surface area contributed by atoms with Gasteiger partial charge in [0.15, 0.2) is 10.1 Å². The summed E-state index contributed by atoms with van der Waals surface area (Å²) in [5, 5.41) is 12.0. The predicted molar refractivity (Wildman–Crippen MR) is 99.0 cm³/mol. The van der Waals surface area contributed by atoms with Gasteiger partial charge < -0.3 is 5.32 Å². The first-order valence-corrected chi connectivity index (χ1v) is 9.16. The Morgan fingerprint density at radius 3 is 2.70 bits per heavy atom. The van der Waals surface area contributed by atoms with E-state index in [1.807, 2.05) is 19.9 Å². The second-order valence-electron chi connectivity index (χ2n) is 5.37. The first-order valence-electron chi connectivity index (χ1n) is 7.35. The van der Waals surface area contributed by atoms with Gasteiger partial charge in [0.2, 0.25) is 5.13 Å². The zero-order chi connectivity index (χ0) is 17.0. The van der Waals surface area contributed by atoms with Crippen molar-refractivity contribution >= 4 is 34.0 Å². The van der Waals surface area contributed by atoms with Crippen LogP contribution < -0.4 is 5.32 Å². The number of aryl methyl sites for hydroxylation is 1. The minimum atomic E-state index is 0.134. The molecule has 0 saturated carbocycles. The van der Waals surface area contributed by atoms with Crippen molar-refractivity contribution in [3.63, 3.8) is 0 Å². The molecule has 23 heavy (non-hydrogen) atoms. The predicted octanol–water partition coefficient (Wildman–Crippen LogP) is 4.34. The minimum Gasteiger partial charge on any atom is -0.357 e. The fraction of sp³-hybridized carbons (Fsp3) is 0.353. The summed E-state index contributed by atoms with van der Waals surface area (Å²) in [4.78, 5) is 12.5. The fourth-order valence-corrected chi connectivity index (χ4v) is 3.85. The minimum absolute atomic E-state index is 0.134. The van der Waals surface area contributed by atoms with Gasteiger partial charge in [-0.15, -0.1) is 16.8 Å². The van der Waals surface area contributed by atoms with Crippen molar-refractivity contribution in [1.82, 2.24) is 10.2 Å². The molecular weight excluding hydrogens is 326 g/mol. The highest BCUT2D eigenvalue weighted by Crippen LogP contribution is 2.27. The van der Waals surface area contributed by atoms with Gasteiger partial charge >= 0.3 is 0 Å². The molecule has 0 aliphatic carbocycles. The third-order valence-electron chi connectivity index (χ3n) is 3.91. The van der Waals surface area contributed by atoms with Crippen LogP contribution in [0.1, 0.15) is 32.6 Å². The van der Waals surface area contributed by atoms with Crippen LogP contribution in [0.4, 0.5) is 5.13 Å². The molecular formula is C17H21N3OS2. The van der Waals surface area contributed by atoms with Gasteiger partial charge in [0.1, 0.15) is 0 Å². The smallest absolute Gasteiger partial charge is 0.206 e. The monoisotopic (exact) mass is 347 g/mol. The van der Waals surface area contributed by atoms with Gasteiger partial charge in [-0.25, -0.2) is 0 Å². The Labute approximate surface area is 145 Å². The van der Waals surface area contributed by atoms with Crippen LogP contribution in [0.5, 0.6) is 0 Å². The number of hydrogen-bond donors (Lipinski definition) is 1. The first-order chi connectivity index (χ1) is 10.9. The zero-order valence-corrected chi connectivity index (χ0v) is 15.5. The third-order valence-corrected chi connectivity index (χ3v) is 5.93. The summed E-state index contributed by atoms with van der Waals surface area (Å²) in [7, 11) is 0. The van der Waals surface area contributed by atoms with Crippen LogP contribution in [0.2, 0.25) is 0 Å². The second kappa shape index (κ2) is 7.75. The van der Waals surface area contributed by atoms with Gasteiger partial charge in [0.25, 0.3) is 0 Å². The molecule has 2 rings (SSSR count). The van der Waals surface area contributed by atoms with Crippen LogP contribution in [0.3, 0.4) is 0 Å². The lowest BCUT2D eigenvalue weighted by atomic mass is 9.93. The maximum atomic E-state index is 12.5. The van der Waals surface area contributed by atoms with E-state index in [0.717, 1.165) is 26.2 Å². The number of hydrogen-bond acceptors (Lipinski definition) is 6. The number of thioether (sulfide) groups is 1. The van der Waals surface area contributed by atoms with Crippen LogP contribution >= 0.6 is 23.1 Å². The van der Waals surface area contributed by atoms with E-state index in [4.69, 9.17) is 0 Å². The Hall–Kier alpha value is -1.66. The molecule has 0 spiro atoms. The van der Waals surface area contributed by atoms with Gasteiger partial charge in [0.05, 0.1) is 5.75 Å². The van der Waals surface area contributed by atoms with E-state index in [-0.39, 0.29) is 5.78 Å². The van der Waals surface area contributed by atoms with E-state index in [0.29, 0.717) is 12.3 Å². The molecule has 1 heterocycles. The number of anilines is 1. The Morgan fingerprint density at radius 1 is 1.26 bits per heavy atom. The fourth-order valence-electron chi connectivity index (χ4n) is 2.21. The average Bonchev–Trinajstić information content (AvgIpc) is 3.00. The largest absolute Gasteiger partial charge is 0.357 e. The van der Waals surface area contributed by atoms with Crippen molar-refractivity contribution in [2.75, 3.05) is 17.6 Å². The number of carbonyl (C=O) groups is 1. The van der Waals surface area contributed by atoms with Crippen molar-refractivity contribution in [2.24, 2.45) is 0 Å². The molecule has 0 aliphatic heterocycles. The molecule has 122 valence electrons. The lowest BCUT2D eigenvalue weighted by molar-refractivity contribution is 0.102. The van der Waals surface area contributed by atoms with Crippen LogP contribution in [0.25, 0.3) is 0 Å². The second-order valence-corrected chi connectivity index (χ2v) is 7.57. The molecule has 0 bridgehead atoms. The number of ketones is 1. The molecule has 0 atom stereocenters. The Bertz CT molecular complexity index is 738. The summed E-state index contributed by atoms with van der Waals surface area (Å²) in [6.07, 6.45) is 1.77. The summed E-state index contributed by atoms with van der Waals surface area (Å²) in [6, 6.07) is 2.00. The maximum absolute atomic E-state index is 12.5. The molecule has 2 aromatic rings. The molecule has 0 aliphatic rings. The van der Waals surface area contributed by atoms with Gasteiger partial charge in [-0.2, -0.15) is 0 Å². The molecule has 0 unspecified atom stereocenters. The molecule has 4 nitrogen and oxygen atoms in total. The van der Waals surface area contributed by atoms with Crippen molar-refractivity contribution in [2.45, 2.75) is 32.0 Å². The highest BCUT2D eigenvalue weighted by molar-refractivity contribution is 8.01. The number of Topliss-reactive ketones (excluding diaryl/α,β-unsaturated/α-hetero) is 1. The van der Waals surface area contributed by atoms with Crippen molar-refractivity contribution < 1.29 is 4.79 Å². The van der Waals surface area contributed by atoms with E-state index in [2.05, 4.69) is 35.9 Å². The Balaban J connectivity index is 2.05. The van der Waals surface area contributed by atoms with Crippen LogP contribution in [-0.4, -0.2) is 28.3 Å². The van der Waals surface area contributed by atoms with Gasteiger partial charge in [0, 0.05) is 12.1 Å². The number of nitrogens with one attached hydrogen (secondary N) is 1. The first kappa shape index (κ1) is 17.7. The molecule has 1 aromatic carbocycles. The van der Waals surface area contributed by atoms with E-state index < -0.39 is 0 Å². The van der Waals surface area contributed by atoms with Gasteiger partial charge in [-0.05, 0) is 56.0 Å². The standard InChI is InChI=1S/C17H21N3OS2/c1-6-7-18-16-19-20-17(23-16)22-9-15(21)14-8-10(2)11(3)12(4)13(14)5/h6,8H,1,7,9H2,2-5H3,(H,18,19). The van der Waals surface area contributed by atoms with Crippen LogP contribution in [-0.2, 0) is 0 Å². The molecule has 1 aromatic heterocycles. The number of carbonyl (C=O) groups excluding carboxylic acids is 1. The van der Waals surface area contributed by atoms with Gasteiger partial charge in [-0.3, -0.25) is 4.79 Å². The lowest BCUT2D eigenvalue weighted by Gasteiger charge is -2.13. The topological polar surface area (TPSA) is 54.9 Å². The molecule has 0 saturated heterocycles. The number of nitrogens with zero attached hydrogens (tertiary/aromatic N) is 2. The van der Waals surface area contributed by atoms with Gasteiger partial charge in [-0.1, -0.05) is 29.2 Å². The van der Waals surface area contributed by atoms with E-state index in [9.17, 15) is 4.79 Å². The van der Waals surface area contributed by atoms with E-state index >= 15 is 0 Å². The Morgan fingerprint density at radius 2 is 2.00 bits per heavy atom. The molecule has 1 N–H and O–H groups in total. The van der Waals surface area contributed by atoms with E-state index in [1.165, 1.54) is 34.2 Å². The zero-order valence-electron chi connectivity index (χ0n) is 13.9. The summed E-state index contributed by atoms with van der Waals surface area (Å²) in [5.74, 6) is 0.508. The van der Waals surface area contributed by atoms with Crippen molar-refractivity contribution in [3.8, 4) is 0 Å². The highest BCUT2D eigenvalue weighted by atomic mass is 32.2. The van der Waals surface area contributed by atoms with Crippen LogP contribution in [0.15, 0.2) is 23.1 Å². The van der Waals surface area contributed by atoms with E-state index in [1.54, 1.807) is 6.08 Å². The number of rotatable bonds is 7. The molecule has 0 radical (unpaired) electrons. The summed E-state index contributed by atoms with van der Waals surface area (Å²) in [6.45, 7) is 12.5. The number of aromatic nitrogens is 2.